The molecule has 5 nitrogen and oxygen atoms in total. The Morgan fingerprint density at radius 1 is 1.00 bits per heavy atom. The maximum absolute atomic E-state index is 13.0. The summed E-state index contributed by atoms with van der Waals surface area (Å²) in [5.41, 5.74) is 3.09. The average molecular weight is 371 g/mol. The lowest BCUT2D eigenvalue weighted by atomic mass is 9.81. The van der Waals surface area contributed by atoms with Gasteiger partial charge in [0.2, 0.25) is 5.91 Å². The predicted octanol–water partition coefficient (Wildman–Crippen LogP) is 3.27. The minimum absolute atomic E-state index is 0.00562. The molecular formula is C23H21N3O2. The SMILES string of the molecule is O=C(c1ccc(Cn2cccc2)cc1)N1CCC2(C1)C(=O)Nc1ccccc12. The smallest absolute Gasteiger partial charge is 0.253 e. The van der Waals surface area contributed by atoms with Crippen molar-refractivity contribution in [3.05, 3.63) is 89.7 Å². The van der Waals surface area contributed by atoms with Gasteiger partial charge in [-0.15, -0.1) is 0 Å². The van der Waals surface area contributed by atoms with Crippen LogP contribution in [0.2, 0.25) is 0 Å². The van der Waals surface area contributed by atoms with Gasteiger partial charge < -0.3 is 14.8 Å². The molecule has 2 amide bonds. The number of para-hydroxylation sites is 1. The van der Waals surface area contributed by atoms with E-state index in [-0.39, 0.29) is 11.8 Å². The van der Waals surface area contributed by atoms with Crippen molar-refractivity contribution in [3.63, 3.8) is 0 Å². The van der Waals surface area contributed by atoms with Gasteiger partial charge in [-0.2, -0.15) is 0 Å². The van der Waals surface area contributed by atoms with E-state index in [0.717, 1.165) is 23.4 Å². The van der Waals surface area contributed by atoms with Crippen LogP contribution in [-0.4, -0.2) is 34.4 Å². The summed E-state index contributed by atoms with van der Waals surface area (Å²) < 4.78 is 2.09. The van der Waals surface area contributed by atoms with E-state index < -0.39 is 5.41 Å². The van der Waals surface area contributed by atoms with E-state index in [1.807, 2.05) is 78.0 Å². The maximum atomic E-state index is 13.0. The van der Waals surface area contributed by atoms with E-state index >= 15 is 0 Å². The zero-order valence-electron chi connectivity index (χ0n) is 15.5. The molecule has 1 saturated heterocycles. The molecule has 5 heteroatoms. The van der Waals surface area contributed by atoms with Crippen molar-refractivity contribution in [2.75, 3.05) is 18.4 Å². The molecule has 0 aliphatic carbocycles. The van der Waals surface area contributed by atoms with Gasteiger partial charge in [-0.3, -0.25) is 9.59 Å². The van der Waals surface area contributed by atoms with Crippen LogP contribution in [0.25, 0.3) is 0 Å². The number of carbonyl (C=O) groups is 2. The molecule has 1 fully saturated rings. The van der Waals surface area contributed by atoms with E-state index in [4.69, 9.17) is 0 Å². The van der Waals surface area contributed by atoms with Gasteiger partial charge in [0, 0.05) is 43.3 Å². The van der Waals surface area contributed by atoms with Crippen molar-refractivity contribution in [1.29, 1.82) is 0 Å². The molecule has 1 N–H and O–H groups in total. The standard InChI is InChI=1S/C23H21N3O2/c27-21(18-9-7-17(8-10-18)15-25-12-3-4-13-25)26-14-11-23(16-26)19-5-1-2-6-20(19)24-22(23)28/h1-10,12-13H,11,14-16H2,(H,24,28). The monoisotopic (exact) mass is 371 g/mol. The third-order valence-electron chi connectivity index (χ3n) is 5.91. The van der Waals surface area contributed by atoms with Crippen LogP contribution in [0.3, 0.4) is 0 Å². The van der Waals surface area contributed by atoms with Crippen LogP contribution in [0, 0.1) is 0 Å². The summed E-state index contributed by atoms with van der Waals surface area (Å²) in [7, 11) is 0. The maximum Gasteiger partial charge on any atom is 0.253 e. The van der Waals surface area contributed by atoms with Crippen LogP contribution in [-0.2, 0) is 16.8 Å². The van der Waals surface area contributed by atoms with Gasteiger partial charge in [0.1, 0.15) is 0 Å². The quantitative estimate of drug-likeness (QED) is 0.768. The second-order valence-corrected chi connectivity index (χ2v) is 7.61. The van der Waals surface area contributed by atoms with Gasteiger partial charge in [0.15, 0.2) is 0 Å². The first-order chi connectivity index (χ1) is 13.7. The largest absolute Gasteiger partial charge is 0.350 e. The number of nitrogens with zero attached hydrogens (tertiary/aromatic N) is 2. The second kappa shape index (κ2) is 6.37. The molecule has 3 aromatic rings. The van der Waals surface area contributed by atoms with Crippen molar-refractivity contribution < 1.29 is 9.59 Å². The molecule has 2 aliphatic heterocycles. The van der Waals surface area contributed by atoms with Crippen molar-refractivity contribution in [1.82, 2.24) is 9.47 Å². The van der Waals surface area contributed by atoms with E-state index in [2.05, 4.69) is 9.88 Å². The lowest BCUT2D eigenvalue weighted by Gasteiger charge is -2.22. The second-order valence-electron chi connectivity index (χ2n) is 7.61. The van der Waals surface area contributed by atoms with Gasteiger partial charge >= 0.3 is 0 Å². The number of anilines is 1. The van der Waals surface area contributed by atoms with Crippen LogP contribution in [0.1, 0.15) is 27.9 Å². The van der Waals surface area contributed by atoms with Crippen LogP contribution in [0.5, 0.6) is 0 Å². The van der Waals surface area contributed by atoms with Gasteiger partial charge in [-0.1, -0.05) is 30.3 Å². The Morgan fingerprint density at radius 2 is 1.75 bits per heavy atom. The minimum Gasteiger partial charge on any atom is -0.350 e. The molecule has 0 radical (unpaired) electrons. The summed E-state index contributed by atoms with van der Waals surface area (Å²) in [6.07, 6.45) is 4.70. The molecule has 3 heterocycles. The Balaban J connectivity index is 1.34. The van der Waals surface area contributed by atoms with Gasteiger partial charge in [-0.25, -0.2) is 0 Å². The highest BCUT2D eigenvalue weighted by molar-refractivity contribution is 6.07. The van der Waals surface area contributed by atoms with Gasteiger partial charge in [0.25, 0.3) is 5.91 Å². The predicted molar refractivity (Wildman–Crippen MR) is 107 cm³/mol. The number of amides is 2. The molecular weight excluding hydrogens is 350 g/mol. The summed E-state index contributed by atoms with van der Waals surface area (Å²) in [4.78, 5) is 27.5. The lowest BCUT2D eigenvalue weighted by Crippen LogP contribution is -2.39. The average Bonchev–Trinajstić information content (AvgIpc) is 3.44. The zero-order valence-corrected chi connectivity index (χ0v) is 15.5. The Bertz CT molecular complexity index is 1040. The molecule has 0 bridgehead atoms. The van der Waals surface area contributed by atoms with Gasteiger partial charge in [-0.05, 0) is 47.9 Å². The number of fused-ring (bicyclic) bond motifs is 2. The summed E-state index contributed by atoms with van der Waals surface area (Å²) in [6.45, 7) is 1.80. The fourth-order valence-electron chi connectivity index (χ4n) is 4.38. The van der Waals surface area contributed by atoms with Gasteiger partial charge in [0.05, 0.1) is 5.41 Å². The molecule has 140 valence electrons. The molecule has 1 aromatic heterocycles. The Kier molecular flexibility index (Phi) is 3.83. The normalized spacial score (nSPS) is 20.4. The first-order valence-electron chi connectivity index (χ1n) is 9.56. The summed E-state index contributed by atoms with van der Waals surface area (Å²) in [5, 5.41) is 2.98. The van der Waals surface area contributed by atoms with E-state index in [0.29, 0.717) is 25.1 Å². The molecule has 2 aliphatic rings. The number of rotatable bonds is 3. The highest BCUT2D eigenvalue weighted by Crippen LogP contribution is 2.44. The molecule has 28 heavy (non-hydrogen) atoms. The molecule has 1 unspecified atom stereocenters. The summed E-state index contributed by atoms with van der Waals surface area (Å²) >= 11 is 0. The van der Waals surface area contributed by atoms with E-state index in [9.17, 15) is 9.59 Å². The number of hydrogen-bond acceptors (Lipinski definition) is 2. The van der Waals surface area contributed by atoms with E-state index in [1.165, 1.54) is 0 Å². The third kappa shape index (κ3) is 2.62. The lowest BCUT2D eigenvalue weighted by molar-refractivity contribution is -0.120. The number of aromatic nitrogens is 1. The number of nitrogens with one attached hydrogen (secondary N) is 1. The van der Waals surface area contributed by atoms with Crippen LogP contribution in [0.4, 0.5) is 5.69 Å². The fraction of sp³-hybridized carbons (Fsp3) is 0.217. The van der Waals surface area contributed by atoms with Crippen molar-refractivity contribution in [2.45, 2.75) is 18.4 Å². The molecule has 1 atom stereocenters. The first-order valence-corrected chi connectivity index (χ1v) is 9.56. The molecule has 5 rings (SSSR count). The number of likely N-dealkylation sites (tertiary alicyclic amines) is 1. The Morgan fingerprint density at radius 3 is 2.54 bits per heavy atom. The van der Waals surface area contributed by atoms with Crippen LogP contribution >= 0.6 is 0 Å². The Labute approximate surface area is 163 Å². The van der Waals surface area contributed by atoms with Crippen molar-refractivity contribution in [3.8, 4) is 0 Å². The minimum atomic E-state index is -0.610. The summed E-state index contributed by atoms with van der Waals surface area (Å²) in [5.74, 6) is -0.00681. The fourth-order valence-corrected chi connectivity index (χ4v) is 4.38. The van der Waals surface area contributed by atoms with Crippen molar-refractivity contribution >= 4 is 17.5 Å². The third-order valence-corrected chi connectivity index (χ3v) is 5.91. The number of benzene rings is 2. The topological polar surface area (TPSA) is 54.3 Å². The van der Waals surface area contributed by atoms with E-state index in [1.54, 1.807) is 0 Å². The molecule has 1 spiro atoms. The highest BCUT2D eigenvalue weighted by atomic mass is 16.2. The zero-order chi connectivity index (χ0) is 19.1. The molecule has 2 aromatic carbocycles. The first kappa shape index (κ1) is 16.8. The van der Waals surface area contributed by atoms with Crippen LogP contribution in [0.15, 0.2) is 73.1 Å². The Hall–Kier alpha value is -3.34. The number of carbonyl (C=O) groups excluding carboxylic acids is 2. The summed E-state index contributed by atoms with van der Waals surface area (Å²) in [6, 6.07) is 19.6. The van der Waals surface area contributed by atoms with Crippen LogP contribution < -0.4 is 5.32 Å². The highest BCUT2D eigenvalue weighted by Gasteiger charge is 2.51. The van der Waals surface area contributed by atoms with Crippen molar-refractivity contribution in [2.24, 2.45) is 0 Å². The number of hydrogen-bond donors (Lipinski definition) is 1. The molecule has 0 saturated carbocycles.